The molecule has 1 aromatic rings. The highest BCUT2D eigenvalue weighted by Gasteiger charge is 2.61. The van der Waals surface area contributed by atoms with Gasteiger partial charge in [-0.2, -0.15) is 0 Å². The van der Waals surface area contributed by atoms with Crippen LogP contribution in [0.2, 0.25) is 5.02 Å². The fourth-order valence-corrected chi connectivity index (χ4v) is 6.37. The van der Waals surface area contributed by atoms with Crippen molar-refractivity contribution in [3.8, 4) is 0 Å². The number of para-hydroxylation sites is 1. The molecular formula is C22H25ClN2O3. The summed E-state index contributed by atoms with van der Waals surface area (Å²) in [5, 5.41) is 3.44. The number of hydrogen-bond donors (Lipinski definition) is 1. The average molecular weight is 401 g/mol. The van der Waals surface area contributed by atoms with Crippen molar-refractivity contribution >= 4 is 35.0 Å². The zero-order valence-corrected chi connectivity index (χ0v) is 16.5. The Balaban J connectivity index is 1.22. The number of imide groups is 1. The number of halogens is 1. The van der Waals surface area contributed by atoms with Crippen LogP contribution >= 0.6 is 11.6 Å². The number of anilines is 1. The zero-order chi connectivity index (χ0) is 19.4. The average Bonchev–Trinajstić information content (AvgIpc) is 3.38. The molecule has 3 amide bonds. The molecule has 1 heterocycles. The monoisotopic (exact) mass is 400 g/mol. The topological polar surface area (TPSA) is 66.5 Å². The lowest BCUT2D eigenvalue weighted by molar-refractivity contribution is -0.144. The molecule has 0 radical (unpaired) electrons. The summed E-state index contributed by atoms with van der Waals surface area (Å²) in [6.45, 7) is 0. The van der Waals surface area contributed by atoms with E-state index in [0.717, 1.165) is 19.3 Å². The van der Waals surface area contributed by atoms with Crippen LogP contribution in [-0.2, 0) is 14.4 Å². The van der Waals surface area contributed by atoms with Gasteiger partial charge < -0.3 is 5.32 Å². The normalized spacial score (nSPS) is 36.7. The van der Waals surface area contributed by atoms with E-state index in [0.29, 0.717) is 48.2 Å². The summed E-state index contributed by atoms with van der Waals surface area (Å²) in [7, 11) is 0. The van der Waals surface area contributed by atoms with Crippen molar-refractivity contribution in [3.05, 3.63) is 29.3 Å². The van der Waals surface area contributed by atoms with Gasteiger partial charge in [0, 0.05) is 12.0 Å². The molecule has 28 heavy (non-hydrogen) atoms. The van der Waals surface area contributed by atoms with Gasteiger partial charge in [0.25, 0.3) is 0 Å². The Bertz CT molecular complexity index is 805. The van der Waals surface area contributed by atoms with Crippen molar-refractivity contribution in [2.75, 3.05) is 5.32 Å². The second-order valence-electron chi connectivity index (χ2n) is 8.91. The summed E-state index contributed by atoms with van der Waals surface area (Å²) in [5.41, 5.74) is 0.629. The van der Waals surface area contributed by atoms with Gasteiger partial charge in [0.2, 0.25) is 17.7 Å². The third-order valence-electron chi connectivity index (χ3n) is 7.53. The van der Waals surface area contributed by atoms with E-state index in [-0.39, 0.29) is 41.5 Å². The Labute approximate surface area is 169 Å². The van der Waals surface area contributed by atoms with Crippen LogP contribution in [0.1, 0.15) is 44.9 Å². The van der Waals surface area contributed by atoms with Crippen molar-refractivity contribution < 1.29 is 14.4 Å². The number of nitrogens with one attached hydrogen (secondary N) is 1. The maximum absolute atomic E-state index is 13.0. The highest BCUT2D eigenvalue weighted by molar-refractivity contribution is 6.33. The summed E-state index contributed by atoms with van der Waals surface area (Å²) in [5.74, 6) is 0.775. The number of likely N-dealkylation sites (tertiary alicyclic amines) is 1. The quantitative estimate of drug-likeness (QED) is 0.783. The predicted octanol–water partition coefficient (Wildman–Crippen LogP) is 3.87. The van der Waals surface area contributed by atoms with Crippen molar-refractivity contribution in [1.29, 1.82) is 0 Å². The maximum Gasteiger partial charge on any atom is 0.233 e. The first kappa shape index (κ1) is 18.2. The van der Waals surface area contributed by atoms with Crippen LogP contribution in [0.3, 0.4) is 0 Å². The van der Waals surface area contributed by atoms with E-state index in [4.69, 9.17) is 11.6 Å². The fourth-order valence-electron chi connectivity index (χ4n) is 6.19. The Hall–Kier alpha value is -1.88. The third-order valence-corrected chi connectivity index (χ3v) is 7.86. The van der Waals surface area contributed by atoms with Gasteiger partial charge in [-0.1, -0.05) is 23.7 Å². The molecule has 1 saturated heterocycles. The van der Waals surface area contributed by atoms with E-state index >= 15 is 0 Å². The molecule has 4 fully saturated rings. The van der Waals surface area contributed by atoms with Gasteiger partial charge in [-0.05, 0) is 68.9 Å². The van der Waals surface area contributed by atoms with Crippen LogP contribution in [0.5, 0.6) is 0 Å². The molecule has 4 atom stereocenters. The van der Waals surface area contributed by atoms with E-state index in [1.54, 1.807) is 17.0 Å². The van der Waals surface area contributed by atoms with Crippen LogP contribution in [0.15, 0.2) is 24.3 Å². The molecule has 5 rings (SSSR count). The first-order chi connectivity index (χ1) is 13.5. The number of fused-ring (bicyclic) bond motifs is 5. The molecular weight excluding hydrogens is 376 g/mol. The predicted molar refractivity (Wildman–Crippen MR) is 105 cm³/mol. The molecule has 1 aromatic carbocycles. The first-order valence-corrected chi connectivity index (χ1v) is 10.8. The van der Waals surface area contributed by atoms with E-state index in [1.807, 2.05) is 12.1 Å². The van der Waals surface area contributed by atoms with Crippen LogP contribution in [0, 0.1) is 29.6 Å². The maximum atomic E-state index is 13.0. The fraction of sp³-hybridized carbons (Fsp3) is 0.591. The Kier molecular flexibility index (Phi) is 4.46. The number of carbonyl (C=O) groups excluding carboxylic acids is 3. The van der Waals surface area contributed by atoms with E-state index in [9.17, 15) is 14.4 Å². The smallest absolute Gasteiger partial charge is 0.233 e. The minimum atomic E-state index is -0.101. The molecule has 3 saturated carbocycles. The Morgan fingerprint density at radius 1 is 0.929 bits per heavy atom. The van der Waals surface area contributed by atoms with Crippen LogP contribution in [0.25, 0.3) is 0 Å². The molecule has 2 bridgehead atoms. The number of amides is 3. The van der Waals surface area contributed by atoms with Gasteiger partial charge in [0.15, 0.2) is 0 Å². The number of hydrogen-bond acceptors (Lipinski definition) is 3. The van der Waals surface area contributed by atoms with Crippen molar-refractivity contribution in [3.63, 3.8) is 0 Å². The highest BCUT2D eigenvalue weighted by atomic mass is 35.5. The van der Waals surface area contributed by atoms with Crippen molar-refractivity contribution in [2.45, 2.75) is 51.0 Å². The van der Waals surface area contributed by atoms with E-state index < -0.39 is 0 Å². The number of nitrogens with zero attached hydrogens (tertiary/aromatic N) is 1. The zero-order valence-electron chi connectivity index (χ0n) is 15.8. The van der Waals surface area contributed by atoms with Crippen LogP contribution in [-0.4, -0.2) is 28.7 Å². The van der Waals surface area contributed by atoms with Crippen LogP contribution in [0.4, 0.5) is 5.69 Å². The van der Waals surface area contributed by atoms with Crippen molar-refractivity contribution in [1.82, 2.24) is 4.90 Å². The van der Waals surface area contributed by atoms with E-state index in [2.05, 4.69) is 5.32 Å². The summed E-state index contributed by atoms with van der Waals surface area (Å²) < 4.78 is 0. The molecule has 1 aliphatic heterocycles. The van der Waals surface area contributed by atoms with Gasteiger partial charge in [-0.3, -0.25) is 19.3 Å². The molecule has 5 nitrogen and oxygen atoms in total. The van der Waals surface area contributed by atoms with Gasteiger partial charge in [-0.25, -0.2) is 0 Å². The first-order valence-electron chi connectivity index (χ1n) is 10.5. The lowest BCUT2D eigenvalue weighted by atomic mass is 9.81. The minimum Gasteiger partial charge on any atom is -0.325 e. The van der Waals surface area contributed by atoms with Crippen molar-refractivity contribution in [2.24, 2.45) is 29.6 Å². The van der Waals surface area contributed by atoms with Gasteiger partial charge in [0.05, 0.1) is 22.5 Å². The molecule has 0 unspecified atom stereocenters. The number of benzene rings is 1. The Morgan fingerprint density at radius 3 is 2.14 bits per heavy atom. The molecule has 0 spiro atoms. The number of rotatable bonds is 3. The summed E-state index contributed by atoms with van der Waals surface area (Å²) in [6, 6.07) is 7.18. The van der Waals surface area contributed by atoms with E-state index in [1.165, 1.54) is 0 Å². The lowest BCUT2D eigenvalue weighted by Gasteiger charge is -2.33. The summed E-state index contributed by atoms with van der Waals surface area (Å²) >= 11 is 6.13. The standard InChI is InChI=1S/C22H25ClN2O3/c23-16-3-1-2-4-17(16)24-20(26)12-7-9-15(10-8-12)25-21(27)18-13-5-6-14(11-13)19(18)22(25)28/h1-4,12-15,18-19H,5-11H2,(H,24,26)/t12?,13-,14-,15?,18+,19+/m1/s1. The highest BCUT2D eigenvalue weighted by Crippen LogP contribution is 2.56. The molecule has 3 aliphatic carbocycles. The largest absolute Gasteiger partial charge is 0.325 e. The minimum absolute atomic E-state index is 0.0273. The van der Waals surface area contributed by atoms with Gasteiger partial charge in [0.1, 0.15) is 0 Å². The lowest BCUT2D eigenvalue weighted by Crippen LogP contribution is -2.44. The summed E-state index contributed by atoms with van der Waals surface area (Å²) in [6.07, 6.45) is 6.09. The summed E-state index contributed by atoms with van der Waals surface area (Å²) in [4.78, 5) is 40.2. The SMILES string of the molecule is O=C(Nc1ccccc1Cl)C1CCC(N2C(=O)[C@H]3[C@@H]4CC[C@H](C4)[C@@H]3C2=O)CC1. The van der Waals surface area contributed by atoms with Gasteiger partial charge >= 0.3 is 0 Å². The second kappa shape index (κ2) is 6.87. The second-order valence-corrected chi connectivity index (χ2v) is 9.31. The molecule has 6 heteroatoms. The molecule has 1 N–H and O–H groups in total. The molecule has 0 aromatic heterocycles. The molecule has 148 valence electrons. The molecule has 4 aliphatic rings. The third kappa shape index (κ3) is 2.78. The number of carbonyl (C=O) groups is 3. The van der Waals surface area contributed by atoms with Gasteiger partial charge in [-0.15, -0.1) is 0 Å². The Morgan fingerprint density at radius 2 is 1.54 bits per heavy atom. The van der Waals surface area contributed by atoms with Crippen LogP contribution < -0.4 is 5.32 Å².